The van der Waals surface area contributed by atoms with Crippen molar-refractivity contribution in [1.82, 2.24) is 20.1 Å². The van der Waals surface area contributed by atoms with E-state index in [0.29, 0.717) is 17.2 Å². The lowest BCUT2D eigenvalue weighted by Gasteiger charge is -1.98. The predicted octanol–water partition coefficient (Wildman–Crippen LogP) is 2.22. The van der Waals surface area contributed by atoms with Crippen LogP contribution in [-0.2, 0) is 0 Å². The number of nitrogens with zero attached hydrogens (tertiary/aromatic N) is 4. The standard InChI is InChI=1S/C13H10FN5O/c1-7-16-5-4-11(17-7)12-18-13(20-19-12)9-3-2-8(15)6-10(9)14/h2-6H,15H2,1H3. The van der Waals surface area contributed by atoms with Gasteiger partial charge in [-0.15, -0.1) is 0 Å². The summed E-state index contributed by atoms with van der Waals surface area (Å²) in [7, 11) is 0. The molecule has 1 aromatic carbocycles. The highest BCUT2D eigenvalue weighted by Crippen LogP contribution is 2.24. The first-order valence-electron chi connectivity index (χ1n) is 5.82. The molecule has 2 aromatic heterocycles. The Hall–Kier alpha value is -2.83. The fourth-order valence-electron chi connectivity index (χ4n) is 1.72. The Morgan fingerprint density at radius 2 is 2.05 bits per heavy atom. The molecule has 3 rings (SSSR count). The molecule has 20 heavy (non-hydrogen) atoms. The summed E-state index contributed by atoms with van der Waals surface area (Å²) in [4.78, 5) is 12.3. The summed E-state index contributed by atoms with van der Waals surface area (Å²) in [5, 5.41) is 3.79. The van der Waals surface area contributed by atoms with Gasteiger partial charge in [-0.2, -0.15) is 4.98 Å². The van der Waals surface area contributed by atoms with Crippen molar-refractivity contribution in [3.05, 3.63) is 42.1 Å². The van der Waals surface area contributed by atoms with E-state index in [-0.39, 0.29) is 17.3 Å². The predicted molar refractivity (Wildman–Crippen MR) is 69.9 cm³/mol. The number of rotatable bonds is 2. The van der Waals surface area contributed by atoms with E-state index in [1.54, 1.807) is 25.3 Å². The van der Waals surface area contributed by atoms with E-state index in [9.17, 15) is 4.39 Å². The Kier molecular flexibility index (Phi) is 2.86. The molecule has 6 nitrogen and oxygen atoms in total. The second-order valence-corrected chi connectivity index (χ2v) is 4.15. The van der Waals surface area contributed by atoms with E-state index in [1.807, 2.05) is 0 Å². The van der Waals surface area contributed by atoms with Crippen LogP contribution in [-0.4, -0.2) is 20.1 Å². The van der Waals surface area contributed by atoms with Gasteiger partial charge in [0.25, 0.3) is 5.89 Å². The maximum Gasteiger partial charge on any atom is 0.261 e. The van der Waals surface area contributed by atoms with Crippen molar-refractivity contribution in [1.29, 1.82) is 0 Å². The summed E-state index contributed by atoms with van der Waals surface area (Å²) in [6, 6.07) is 5.92. The van der Waals surface area contributed by atoms with Gasteiger partial charge in [0.05, 0.1) is 5.56 Å². The average Bonchev–Trinajstić information content (AvgIpc) is 2.88. The van der Waals surface area contributed by atoms with Crippen LogP contribution >= 0.6 is 0 Å². The molecule has 0 amide bonds. The number of benzene rings is 1. The maximum atomic E-state index is 13.8. The molecule has 0 atom stereocenters. The Morgan fingerprint density at radius 3 is 2.80 bits per heavy atom. The van der Waals surface area contributed by atoms with Crippen LogP contribution < -0.4 is 5.73 Å². The molecule has 0 spiro atoms. The van der Waals surface area contributed by atoms with Crippen molar-refractivity contribution in [2.75, 3.05) is 5.73 Å². The normalized spacial score (nSPS) is 10.7. The number of hydrogen-bond donors (Lipinski definition) is 1. The Balaban J connectivity index is 2.02. The van der Waals surface area contributed by atoms with Crippen LogP contribution in [0.4, 0.5) is 10.1 Å². The van der Waals surface area contributed by atoms with Crippen molar-refractivity contribution < 1.29 is 8.91 Å². The number of aryl methyl sites for hydroxylation is 1. The Morgan fingerprint density at radius 1 is 1.20 bits per heavy atom. The molecular weight excluding hydrogens is 261 g/mol. The zero-order chi connectivity index (χ0) is 14.1. The smallest absolute Gasteiger partial charge is 0.261 e. The molecule has 0 fully saturated rings. The number of halogens is 1. The Bertz CT molecular complexity index is 771. The number of hydrogen-bond acceptors (Lipinski definition) is 6. The first-order chi connectivity index (χ1) is 9.63. The van der Waals surface area contributed by atoms with Gasteiger partial charge in [0, 0.05) is 11.9 Å². The zero-order valence-electron chi connectivity index (χ0n) is 10.5. The van der Waals surface area contributed by atoms with Gasteiger partial charge in [-0.25, -0.2) is 14.4 Å². The zero-order valence-corrected chi connectivity index (χ0v) is 10.5. The minimum absolute atomic E-state index is 0.0776. The van der Waals surface area contributed by atoms with E-state index in [2.05, 4.69) is 20.1 Å². The molecule has 2 N–H and O–H groups in total. The molecule has 0 bridgehead atoms. The maximum absolute atomic E-state index is 13.8. The second-order valence-electron chi connectivity index (χ2n) is 4.15. The summed E-state index contributed by atoms with van der Waals surface area (Å²) in [5.74, 6) is 0.432. The Labute approximate surface area is 113 Å². The monoisotopic (exact) mass is 271 g/mol. The van der Waals surface area contributed by atoms with Gasteiger partial charge in [-0.1, -0.05) is 5.16 Å². The van der Waals surface area contributed by atoms with Crippen LogP contribution in [0.3, 0.4) is 0 Å². The second kappa shape index (κ2) is 4.69. The van der Waals surface area contributed by atoms with Crippen molar-refractivity contribution in [3.8, 4) is 23.0 Å². The van der Waals surface area contributed by atoms with Crippen molar-refractivity contribution >= 4 is 5.69 Å². The number of nitrogens with two attached hydrogens (primary N) is 1. The highest BCUT2D eigenvalue weighted by Gasteiger charge is 2.15. The fraction of sp³-hybridized carbons (Fsp3) is 0.0769. The topological polar surface area (TPSA) is 90.7 Å². The van der Waals surface area contributed by atoms with Gasteiger partial charge in [-0.05, 0) is 31.2 Å². The lowest BCUT2D eigenvalue weighted by atomic mass is 10.2. The third-order valence-electron chi connectivity index (χ3n) is 2.65. The van der Waals surface area contributed by atoms with Crippen LogP contribution in [0, 0.1) is 12.7 Å². The lowest BCUT2D eigenvalue weighted by molar-refractivity contribution is 0.429. The van der Waals surface area contributed by atoms with E-state index in [0.717, 1.165) is 0 Å². The van der Waals surface area contributed by atoms with Crippen LogP contribution in [0.2, 0.25) is 0 Å². The molecule has 0 radical (unpaired) electrons. The highest BCUT2D eigenvalue weighted by molar-refractivity contribution is 5.60. The molecule has 2 heterocycles. The van der Waals surface area contributed by atoms with Gasteiger partial charge < -0.3 is 10.3 Å². The minimum atomic E-state index is -0.515. The number of nitrogen functional groups attached to an aromatic ring is 1. The molecule has 7 heteroatoms. The van der Waals surface area contributed by atoms with E-state index < -0.39 is 5.82 Å². The molecule has 0 unspecified atom stereocenters. The van der Waals surface area contributed by atoms with E-state index >= 15 is 0 Å². The van der Waals surface area contributed by atoms with E-state index in [4.69, 9.17) is 10.3 Å². The van der Waals surface area contributed by atoms with Crippen molar-refractivity contribution in [3.63, 3.8) is 0 Å². The molecule has 100 valence electrons. The number of aromatic nitrogens is 4. The molecule has 0 saturated carbocycles. The fourth-order valence-corrected chi connectivity index (χ4v) is 1.72. The van der Waals surface area contributed by atoms with E-state index in [1.165, 1.54) is 12.1 Å². The van der Waals surface area contributed by atoms with Gasteiger partial charge in [-0.3, -0.25) is 0 Å². The highest BCUT2D eigenvalue weighted by atomic mass is 19.1. The summed E-state index contributed by atoms with van der Waals surface area (Å²) in [5.41, 5.74) is 6.54. The summed E-state index contributed by atoms with van der Waals surface area (Å²) in [6.45, 7) is 1.75. The van der Waals surface area contributed by atoms with Gasteiger partial charge in [0.2, 0.25) is 5.82 Å². The first kappa shape index (κ1) is 12.2. The molecule has 0 aliphatic carbocycles. The molecule has 0 saturated heterocycles. The first-order valence-corrected chi connectivity index (χ1v) is 5.82. The summed E-state index contributed by atoms with van der Waals surface area (Å²) >= 11 is 0. The third kappa shape index (κ3) is 2.20. The summed E-state index contributed by atoms with van der Waals surface area (Å²) < 4.78 is 18.8. The van der Waals surface area contributed by atoms with Gasteiger partial charge in [0.1, 0.15) is 17.3 Å². The summed E-state index contributed by atoms with van der Waals surface area (Å²) in [6.07, 6.45) is 1.59. The van der Waals surface area contributed by atoms with Crippen molar-refractivity contribution in [2.24, 2.45) is 0 Å². The van der Waals surface area contributed by atoms with Crippen molar-refractivity contribution in [2.45, 2.75) is 6.92 Å². The SMILES string of the molecule is Cc1nccc(-c2noc(-c3ccc(N)cc3F)n2)n1. The largest absolute Gasteiger partial charge is 0.399 e. The lowest BCUT2D eigenvalue weighted by Crippen LogP contribution is -1.92. The molecule has 3 aromatic rings. The third-order valence-corrected chi connectivity index (χ3v) is 2.65. The average molecular weight is 271 g/mol. The number of anilines is 1. The molecular formula is C13H10FN5O. The molecule has 0 aliphatic heterocycles. The van der Waals surface area contributed by atoms with Crippen LogP contribution in [0.15, 0.2) is 35.0 Å². The minimum Gasteiger partial charge on any atom is -0.399 e. The van der Waals surface area contributed by atoms with Crippen LogP contribution in [0.25, 0.3) is 23.0 Å². The van der Waals surface area contributed by atoms with Gasteiger partial charge in [0.15, 0.2) is 0 Å². The quantitative estimate of drug-likeness (QED) is 0.719. The van der Waals surface area contributed by atoms with Gasteiger partial charge >= 0.3 is 0 Å². The van der Waals surface area contributed by atoms with Crippen LogP contribution in [0.1, 0.15) is 5.82 Å². The van der Waals surface area contributed by atoms with Crippen LogP contribution in [0.5, 0.6) is 0 Å². The molecule has 0 aliphatic rings.